The highest BCUT2D eigenvalue weighted by Gasteiger charge is 2.28. The van der Waals surface area contributed by atoms with Gasteiger partial charge in [0.25, 0.3) is 5.91 Å². The number of rotatable bonds is 4. The number of hydrogen-bond acceptors (Lipinski definition) is 4. The van der Waals surface area contributed by atoms with Crippen molar-refractivity contribution in [1.82, 2.24) is 10.3 Å². The maximum absolute atomic E-state index is 15.0. The lowest BCUT2D eigenvalue weighted by Gasteiger charge is -2.33. The average molecular weight is 460 g/mol. The zero-order chi connectivity index (χ0) is 24.0. The summed E-state index contributed by atoms with van der Waals surface area (Å²) in [5.74, 6) is -0.532. The number of halogens is 1. The van der Waals surface area contributed by atoms with Gasteiger partial charge >= 0.3 is 0 Å². The van der Waals surface area contributed by atoms with E-state index in [2.05, 4.69) is 22.1 Å². The molecule has 3 aromatic carbocycles. The Bertz CT molecular complexity index is 1490. The molecule has 0 atom stereocenters. The molecule has 0 fully saturated rings. The monoisotopic (exact) mass is 459 g/mol. The van der Waals surface area contributed by atoms with Crippen molar-refractivity contribution in [3.8, 4) is 5.75 Å². The standard InChI is InChI=1S/C27H26FN3O3/c1-4-31-11-12-34-24-13-16(9-10-23(24)31)27(2,3)30-26(33)18-15-22-19(14-20(18)28)25(32)17-7-5-6-8-21(17)29-22/h5-10,13-15H,4,11-12H2,1-3H3,(H,29,32)(H,30,33). The van der Waals surface area contributed by atoms with Gasteiger partial charge in [-0.15, -0.1) is 0 Å². The van der Waals surface area contributed by atoms with Crippen molar-refractivity contribution < 1.29 is 13.9 Å². The van der Waals surface area contributed by atoms with Crippen LogP contribution < -0.4 is 20.4 Å². The van der Waals surface area contributed by atoms with Gasteiger partial charge in [0, 0.05) is 22.8 Å². The van der Waals surface area contributed by atoms with Gasteiger partial charge in [0.1, 0.15) is 18.2 Å². The topological polar surface area (TPSA) is 74.4 Å². The van der Waals surface area contributed by atoms with Crippen LogP contribution in [0.15, 0.2) is 59.4 Å². The van der Waals surface area contributed by atoms with Crippen molar-refractivity contribution in [1.29, 1.82) is 0 Å². The molecule has 2 heterocycles. The van der Waals surface area contributed by atoms with E-state index in [-0.39, 0.29) is 16.4 Å². The van der Waals surface area contributed by atoms with E-state index in [0.29, 0.717) is 23.0 Å². The fourth-order valence-corrected chi connectivity index (χ4v) is 4.54. The zero-order valence-corrected chi connectivity index (χ0v) is 19.4. The molecule has 0 spiro atoms. The second-order valence-electron chi connectivity index (χ2n) is 9.07. The number of aromatic amines is 1. The SMILES string of the molecule is CCN1CCOc2cc(C(C)(C)NC(=O)c3cc4[nH]c5ccccc5c(=O)c4cc3F)ccc21. The Labute approximate surface area is 196 Å². The molecule has 1 aromatic heterocycles. The smallest absolute Gasteiger partial charge is 0.255 e. The molecule has 1 aliphatic rings. The van der Waals surface area contributed by atoms with Crippen LogP contribution in [-0.2, 0) is 5.54 Å². The van der Waals surface area contributed by atoms with Crippen molar-refractivity contribution in [3.63, 3.8) is 0 Å². The number of ether oxygens (including phenoxy) is 1. The molecule has 0 unspecified atom stereocenters. The molecule has 0 radical (unpaired) electrons. The first-order chi connectivity index (χ1) is 16.3. The number of nitrogens with zero attached hydrogens (tertiary/aromatic N) is 1. The summed E-state index contributed by atoms with van der Waals surface area (Å²) in [7, 11) is 0. The number of nitrogens with one attached hydrogen (secondary N) is 2. The highest BCUT2D eigenvalue weighted by Crippen LogP contribution is 2.35. The van der Waals surface area contributed by atoms with Crippen LogP contribution in [0.25, 0.3) is 21.8 Å². The molecule has 0 bridgehead atoms. The first-order valence-corrected chi connectivity index (χ1v) is 11.4. The number of aromatic nitrogens is 1. The number of pyridine rings is 1. The number of benzene rings is 3. The predicted octanol–water partition coefficient (Wildman–Crippen LogP) is 4.70. The molecular formula is C27H26FN3O3. The molecule has 7 heteroatoms. The minimum Gasteiger partial charge on any atom is -0.490 e. The molecule has 4 aromatic rings. The van der Waals surface area contributed by atoms with Gasteiger partial charge in [-0.05, 0) is 62.7 Å². The molecule has 1 amide bonds. The fourth-order valence-electron chi connectivity index (χ4n) is 4.54. The van der Waals surface area contributed by atoms with Crippen molar-refractivity contribution in [2.24, 2.45) is 0 Å². The molecule has 2 N–H and O–H groups in total. The highest BCUT2D eigenvalue weighted by molar-refractivity contribution is 6.00. The third kappa shape index (κ3) is 3.67. The first-order valence-electron chi connectivity index (χ1n) is 11.4. The van der Waals surface area contributed by atoms with Crippen LogP contribution in [0.1, 0.15) is 36.7 Å². The minimum atomic E-state index is -0.790. The largest absolute Gasteiger partial charge is 0.490 e. The molecule has 6 nitrogen and oxygen atoms in total. The van der Waals surface area contributed by atoms with Gasteiger partial charge in [-0.3, -0.25) is 9.59 Å². The molecule has 5 rings (SSSR count). The summed E-state index contributed by atoms with van der Waals surface area (Å²) in [6.45, 7) is 8.15. The van der Waals surface area contributed by atoms with Crippen LogP contribution in [-0.4, -0.2) is 30.6 Å². The molecule has 0 saturated heterocycles. The number of carbonyl (C=O) groups is 1. The van der Waals surface area contributed by atoms with E-state index in [9.17, 15) is 14.0 Å². The Morgan fingerprint density at radius 1 is 1.12 bits per heavy atom. The van der Waals surface area contributed by atoms with Gasteiger partial charge in [-0.2, -0.15) is 0 Å². The predicted molar refractivity (Wildman–Crippen MR) is 132 cm³/mol. The van der Waals surface area contributed by atoms with Gasteiger partial charge in [0.05, 0.1) is 28.9 Å². The van der Waals surface area contributed by atoms with Gasteiger partial charge in [-0.1, -0.05) is 18.2 Å². The summed E-state index contributed by atoms with van der Waals surface area (Å²) >= 11 is 0. The van der Waals surface area contributed by atoms with E-state index >= 15 is 0 Å². The molecule has 174 valence electrons. The van der Waals surface area contributed by atoms with E-state index in [4.69, 9.17) is 4.74 Å². The van der Waals surface area contributed by atoms with Crippen LogP contribution in [0.2, 0.25) is 0 Å². The van der Waals surface area contributed by atoms with E-state index in [1.54, 1.807) is 18.2 Å². The average Bonchev–Trinajstić information content (AvgIpc) is 2.83. The normalized spacial score (nSPS) is 13.6. The Kier molecular flexibility index (Phi) is 5.27. The second kappa shape index (κ2) is 8.17. The Hall–Kier alpha value is -3.87. The minimum absolute atomic E-state index is 0.127. The van der Waals surface area contributed by atoms with E-state index in [1.165, 1.54) is 6.07 Å². The Morgan fingerprint density at radius 2 is 1.91 bits per heavy atom. The van der Waals surface area contributed by atoms with E-state index < -0.39 is 17.3 Å². The van der Waals surface area contributed by atoms with Gasteiger partial charge in [-0.25, -0.2) is 4.39 Å². The van der Waals surface area contributed by atoms with Crippen LogP contribution in [0, 0.1) is 5.82 Å². The third-order valence-corrected chi connectivity index (χ3v) is 6.49. The summed E-state index contributed by atoms with van der Waals surface area (Å²) in [5.41, 5.74) is 1.73. The highest BCUT2D eigenvalue weighted by atomic mass is 19.1. The van der Waals surface area contributed by atoms with Crippen molar-refractivity contribution >= 4 is 33.4 Å². The summed E-state index contributed by atoms with van der Waals surface area (Å²) in [6, 6.07) is 15.5. The number of hydrogen-bond donors (Lipinski definition) is 2. The maximum Gasteiger partial charge on any atom is 0.255 e. The lowest BCUT2D eigenvalue weighted by atomic mass is 9.92. The summed E-state index contributed by atoms with van der Waals surface area (Å²) in [4.78, 5) is 31.3. The second-order valence-corrected chi connectivity index (χ2v) is 9.07. The van der Waals surface area contributed by atoms with Crippen LogP contribution in [0.3, 0.4) is 0 Å². The third-order valence-electron chi connectivity index (χ3n) is 6.49. The number of amides is 1. The summed E-state index contributed by atoms with van der Waals surface area (Å²) < 4.78 is 20.8. The molecule has 34 heavy (non-hydrogen) atoms. The van der Waals surface area contributed by atoms with Crippen molar-refractivity contribution in [2.75, 3.05) is 24.6 Å². The zero-order valence-electron chi connectivity index (χ0n) is 19.4. The number of likely N-dealkylation sites (N-methyl/N-ethyl adjacent to an activating group) is 1. The quantitative estimate of drug-likeness (QED) is 0.434. The Morgan fingerprint density at radius 3 is 2.71 bits per heavy atom. The van der Waals surface area contributed by atoms with E-state index in [1.807, 2.05) is 38.1 Å². The van der Waals surface area contributed by atoms with Crippen LogP contribution in [0.4, 0.5) is 10.1 Å². The number of H-pyrrole nitrogens is 1. The fraction of sp³-hybridized carbons (Fsp3) is 0.259. The van der Waals surface area contributed by atoms with Crippen LogP contribution >= 0.6 is 0 Å². The van der Waals surface area contributed by atoms with Crippen molar-refractivity contribution in [3.05, 3.63) is 81.8 Å². The molecule has 0 saturated carbocycles. The van der Waals surface area contributed by atoms with Gasteiger partial charge in [0.2, 0.25) is 0 Å². The van der Waals surface area contributed by atoms with Crippen LogP contribution in [0.5, 0.6) is 5.75 Å². The molecule has 1 aliphatic heterocycles. The maximum atomic E-state index is 15.0. The lowest BCUT2D eigenvalue weighted by Crippen LogP contribution is -2.41. The molecule has 0 aliphatic carbocycles. The lowest BCUT2D eigenvalue weighted by molar-refractivity contribution is 0.0908. The number of fused-ring (bicyclic) bond motifs is 3. The summed E-state index contributed by atoms with van der Waals surface area (Å²) in [6.07, 6.45) is 0. The number of anilines is 1. The van der Waals surface area contributed by atoms with Gasteiger partial charge in [0.15, 0.2) is 5.43 Å². The Balaban J connectivity index is 1.49. The summed E-state index contributed by atoms with van der Waals surface area (Å²) in [5, 5.41) is 3.62. The number of para-hydroxylation sites is 1. The first kappa shape index (κ1) is 21.9. The van der Waals surface area contributed by atoms with Crippen molar-refractivity contribution in [2.45, 2.75) is 26.3 Å². The van der Waals surface area contributed by atoms with Gasteiger partial charge < -0.3 is 19.9 Å². The van der Waals surface area contributed by atoms with E-state index in [0.717, 1.165) is 36.2 Å². The molecular weight excluding hydrogens is 433 g/mol. The number of carbonyl (C=O) groups excluding carboxylic acids is 1.